The molecule has 0 heterocycles. The highest BCUT2D eigenvalue weighted by atomic mass is 79.9. The van der Waals surface area contributed by atoms with Crippen molar-refractivity contribution in [2.45, 2.75) is 25.8 Å². The third-order valence-electron chi connectivity index (χ3n) is 3.54. The zero-order valence-electron chi connectivity index (χ0n) is 10.2. The molecule has 0 aromatic heterocycles. The first-order valence-corrected chi connectivity index (χ1v) is 6.66. The van der Waals surface area contributed by atoms with Crippen LogP contribution in [0.15, 0.2) is 22.7 Å². The second kappa shape index (κ2) is 4.69. The van der Waals surface area contributed by atoms with E-state index in [0.29, 0.717) is 6.04 Å². The van der Waals surface area contributed by atoms with Gasteiger partial charge in [-0.2, -0.15) is 0 Å². The van der Waals surface area contributed by atoms with Gasteiger partial charge in [0.25, 0.3) is 0 Å². The van der Waals surface area contributed by atoms with Gasteiger partial charge in [0.15, 0.2) is 0 Å². The second-order valence-corrected chi connectivity index (χ2v) is 5.68. The molecule has 0 saturated heterocycles. The summed E-state index contributed by atoms with van der Waals surface area (Å²) in [4.78, 5) is 2.24. The minimum atomic E-state index is 0.121. The number of nitrogens with zero attached hydrogens (tertiary/aromatic N) is 1. The number of hydrogen-bond acceptors (Lipinski definition) is 2. The molecule has 0 spiro atoms. The lowest BCUT2D eigenvalue weighted by Gasteiger charge is -2.29. The molecule has 0 radical (unpaired) electrons. The fraction of sp³-hybridized carbons (Fsp3) is 0.462. The lowest BCUT2D eigenvalue weighted by atomic mass is 10.1. The van der Waals surface area contributed by atoms with E-state index in [1.165, 1.54) is 12.8 Å². The smallest absolute Gasteiger partial charge is 0.124 e. The number of rotatable bonds is 4. The summed E-state index contributed by atoms with van der Waals surface area (Å²) in [5.41, 5.74) is 7.49. The Bertz CT molecular complexity index is 440. The van der Waals surface area contributed by atoms with Crippen LogP contribution in [-0.2, 0) is 0 Å². The summed E-state index contributed by atoms with van der Waals surface area (Å²) in [7, 11) is 2.08. The molecule has 0 bridgehead atoms. The molecule has 2 rings (SSSR count). The number of halogens is 1. The van der Waals surface area contributed by atoms with Crippen LogP contribution >= 0.6 is 15.9 Å². The molecule has 3 N–H and O–H groups in total. The maximum atomic E-state index is 7.66. The highest BCUT2D eigenvalue weighted by Crippen LogP contribution is 2.37. The van der Waals surface area contributed by atoms with Crippen LogP contribution in [0.2, 0.25) is 0 Å². The largest absolute Gasteiger partial charge is 0.384 e. The van der Waals surface area contributed by atoms with Crippen LogP contribution in [0.25, 0.3) is 0 Å². The summed E-state index contributed by atoms with van der Waals surface area (Å²) in [6.07, 6.45) is 2.63. The van der Waals surface area contributed by atoms with Gasteiger partial charge in [0.2, 0.25) is 0 Å². The van der Waals surface area contributed by atoms with Gasteiger partial charge in [-0.25, -0.2) is 0 Å². The van der Waals surface area contributed by atoms with Gasteiger partial charge in [0.05, 0.1) is 0 Å². The van der Waals surface area contributed by atoms with E-state index in [1.807, 2.05) is 18.2 Å². The van der Waals surface area contributed by atoms with E-state index in [9.17, 15) is 0 Å². The van der Waals surface area contributed by atoms with Gasteiger partial charge < -0.3 is 10.6 Å². The fourth-order valence-corrected chi connectivity index (χ4v) is 2.51. The van der Waals surface area contributed by atoms with Crippen LogP contribution in [0.5, 0.6) is 0 Å². The Labute approximate surface area is 111 Å². The maximum absolute atomic E-state index is 7.66. The number of nitrogens with one attached hydrogen (secondary N) is 1. The number of anilines is 1. The normalized spacial score (nSPS) is 16.6. The maximum Gasteiger partial charge on any atom is 0.124 e. The fourth-order valence-electron chi connectivity index (χ4n) is 2.15. The lowest BCUT2D eigenvalue weighted by molar-refractivity contribution is 0.609. The quantitative estimate of drug-likeness (QED) is 0.663. The average Bonchev–Trinajstić information content (AvgIpc) is 3.10. The second-order valence-electron chi connectivity index (χ2n) is 4.76. The van der Waals surface area contributed by atoms with Gasteiger partial charge in [-0.3, -0.25) is 5.41 Å². The van der Waals surface area contributed by atoms with Crippen molar-refractivity contribution in [1.29, 1.82) is 5.41 Å². The monoisotopic (exact) mass is 295 g/mol. The van der Waals surface area contributed by atoms with E-state index in [2.05, 4.69) is 34.8 Å². The van der Waals surface area contributed by atoms with Crippen molar-refractivity contribution < 1.29 is 0 Å². The lowest BCUT2D eigenvalue weighted by Crippen LogP contribution is -2.32. The van der Waals surface area contributed by atoms with Crippen LogP contribution in [0.3, 0.4) is 0 Å². The molecule has 1 fully saturated rings. The Morgan fingerprint density at radius 2 is 2.18 bits per heavy atom. The Morgan fingerprint density at radius 1 is 1.53 bits per heavy atom. The van der Waals surface area contributed by atoms with Crippen molar-refractivity contribution in [3.63, 3.8) is 0 Å². The summed E-state index contributed by atoms with van der Waals surface area (Å²) in [6.45, 7) is 2.24. The van der Waals surface area contributed by atoms with Crippen LogP contribution in [0.4, 0.5) is 5.69 Å². The molecule has 1 unspecified atom stereocenters. The van der Waals surface area contributed by atoms with Crippen molar-refractivity contribution in [3.05, 3.63) is 28.2 Å². The summed E-state index contributed by atoms with van der Waals surface area (Å²) in [5.74, 6) is 0.916. The first-order chi connectivity index (χ1) is 8.00. The molecular formula is C13H18BrN3. The van der Waals surface area contributed by atoms with Crippen molar-refractivity contribution in [2.75, 3.05) is 11.9 Å². The van der Waals surface area contributed by atoms with E-state index in [-0.39, 0.29) is 5.84 Å². The standard InChI is InChI=1S/C13H18BrN3/c1-8(9-3-4-9)17(2)12-6-5-10(14)7-11(12)13(15)16/h5-9H,3-4H2,1-2H3,(H3,15,16). The molecule has 1 aliphatic carbocycles. The minimum Gasteiger partial charge on any atom is -0.384 e. The van der Waals surface area contributed by atoms with Crippen LogP contribution in [0.1, 0.15) is 25.3 Å². The number of hydrogen-bond donors (Lipinski definition) is 2. The molecule has 1 aliphatic rings. The van der Waals surface area contributed by atoms with Crippen LogP contribution in [-0.4, -0.2) is 18.9 Å². The molecular weight excluding hydrogens is 278 g/mol. The summed E-state index contributed by atoms with van der Waals surface area (Å²) >= 11 is 3.42. The molecule has 0 amide bonds. The minimum absolute atomic E-state index is 0.121. The van der Waals surface area contributed by atoms with Crippen LogP contribution in [0, 0.1) is 11.3 Å². The van der Waals surface area contributed by atoms with Crippen molar-refractivity contribution in [3.8, 4) is 0 Å². The molecule has 1 saturated carbocycles. The van der Waals surface area contributed by atoms with Gasteiger partial charge in [-0.1, -0.05) is 15.9 Å². The summed E-state index contributed by atoms with van der Waals surface area (Å²) in [6, 6.07) is 6.44. The first-order valence-electron chi connectivity index (χ1n) is 5.87. The Balaban J connectivity index is 2.32. The van der Waals surface area contributed by atoms with Gasteiger partial charge in [-0.15, -0.1) is 0 Å². The zero-order valence-corrected chi connectivity index (χ0v) is 11.8. The number of amidine groups is 1. The highest BCUT2D eigenvalue weighted by Gasteiger charge is 2.31. The SMILES string of the molecule is CC(C1CC1)N(C)c1ccc(Br)cc1C(=N)N. The van der Waals surface area contributed by atoms with Crippen molar-refractivity contribution >= 4 is 27.5 Å². The van der Waals surface area contributed by atoms with Gasteiger partial charge in [-0.05, 0) is 43.9 Å². The van der Waals surface area contributed by atoms with E-state index in [4.69, 9.17) is 11.1 Å². The van der Waals surface area contributed by atoms with Gasteiger partial charge in [0.1, 0.15) is 5.84 Å². The molecule has 1 atom stereocenters. The third kappa shape index (κ3) is 2.63. The molecule has 92 valence electrons. The Hall–Kier alpha value is -1.03. The first kappa shape index (κ1) is 12.4. The number of nitrogens with two attached hydrogens (primary N) is 1. The predicted molar refractivity (Wildman–Crippen MR) is 75.7 cm³/mol. The zero-order chi connectivity index (χ0) is 12.6. The summed E-state index contributed by atoms with van der Waals surface area (Å²) in [5, 5.41) is 7.66. The van der Waals surface area contributed by atoms with Gasteiger partial charge >= 0.3 is 0 Å². The predicted octanol–water partition coefficient (Wildman–Crippen LogP) is 2.97. The van der Waals surface area contributed by atoms with E-state index < -0.39 is 0 Å². The molecule has 3 nitrogen and oxygen atoms in total. The Kier molecular flexibility index (Phi) is 3.43. The molecule has 17 heavy (non-hydrogen) atoms. The summed E-state index contributed by atoms with van der Waals surface area (Å²) < 4.78 is 0.957. The van der Waals surface area contributed by atoms with E-state index >= 15 is 0 Å². The van der Waals surface area contributed by atoms with E-state index in [0.717, 1.165) is 21.6 Å². The molecule has 1 aromatic rings. The number of benzene rings is 1. The van der Waals surface area contributed by atoms with Crippen molar-refractivity contribution in [1.82, 2.24) is 0 Å². The molecule has 0 aliphatic heterocycles. The molecule has 1 aromatic carbocycles. The third-order valence-corrected chi connectivity index (χ3v) is 4.04. The topological polar surface area (TPSA) is 53.1 Å². The van der Waals surface area contributed by atoms with E-state index in [1.54, 1.807) is 0 Å². The van der Waals surface area contributed by atoms with Crippen molar-refractivity contribution in [2.24, 2.45) is 11.7 Å². The van der Waals surface area contributed by atoms with Crippen LogP contribution < -0.4 is 10.6 Å². The van der Waals surface area contributed by atoms with Gasteiger partial charge in [0, 0.05) is 28.8 Å². The molecule has 4 heteroatoms. The Morgan fingerprint density at radius 3 is 2.71 bits per heavy atom. The highest BCUT2D eigenvalue weighted by molar-refractivity contribution is 9.10. The number of nitrogen functional groups attached to an aromatic ring is 1. The average molecular weight is 296 g/mol.